The van der Waals surface area contributed by atoms with Gasteiger partial charge in [0.25, 0.3) is 0 Å². The van der Waals surface area contributed by atoms with Crippen LogP contribution in [0.25, 0.3) is 21.5 Å². The van der Waals surface area contributed by atoms with Gasteiger partial charge in [0.05, 0.1) is 20.3 Å². The topological polar surface area (TPSA) is 44.8 Å². The van der Waals surface area contributed by atoms with Gasteiger partial charge in [0, 0.05) is 28.7 Å². The normalized spacial score (nSPS) is 10.5. The predicted octanol–water partition coefficient (Wildman–Crippen LogP) is 9.26. The van der Waals surface area contributed by atoms with Gasteiger partial charge in [-0.1, -0.05) is 61.8 Å². The van der Waals surface area contributed by atoms with Crippen LogP contribution in [-0.2, 0) is 16.0 Å². The number of esters is 1. The van der Waals surface area contributed by atoms with Gasteiger partial charge in [-0.3, -0.25) is 4.79 Å². The van der Waals surface area contributed by atoms with E-state index in [1.807, 2.05) is 37.3 Å². The lowest BCUT2D eigenvalue weighted by Crippen LogP contribution is -2.04. The van der Waals surface area contributed by atoms with Crippen molar-refractivity contribution in [3.63, 3.8) is 0 Å². The van der Waals surface area contributed by atoms with E-state index in [9.17, 15) is 4.79 Å². The van der Waals surface area contributed by atoms with Crippen LogP contribution in [0.4, 0.5) is 0 Å². The second-order valence-electron chi connectivity index (χ2n) is 11.2. The zero-order valence-electron chi connectivity index (χ0n) is 27.0. The van der Waals surface area contributed by atoms with Crippen LogP contribution in [-0.4, -0.2) is 26.3 Å². The Morgan fingerprint density at radius 3 is 1.78 bits per heavy atom. The molecule has 0 saturated heterocycles. The summed E-state index contributed by atoms with van der Waals surface area (Å²) in [7, 11) is 1.68. The van der Waals surface area contributed by atoms with Crippen LogP contribution in [0.5, 0.6) is 11.5 Å². The molecule has 0 radical (unpaired) electrons. The standard InChI is InChI=1S/C42H40O4/c1-4-34-26-31(10-11-32-14-18-38-29-40(44-3)22-20-36(38)27-32)12-16-35(34)17-13-33-15-19-39-30-41(23-21-37(39)28-33)45-24-8-6-7-9-25-46-42(43)5-2/h12,14-16,18-23,26-30H,4-9,24-25H2,1-3H3. The van der Waals surface area contributed by atoms with Crippen LogP contribution in [0.1, 0.15) is 73.8 Å². The van der Waals surface area contributed by atoms with Gasteiger partial charge in [0.15, 0.2) is 0 Å². The van der Waals surface area contributed by atoms with Crippen LogP contribution in [0.15, 0.2) is 91.0 Å². The first kappa shape index (κ1) is 32.2. The fraction of sp³-hybridized carbons (Fsp3) is 0.262. The first-order valence-corrected chi connectivity index (χ1v) is 16.1. The molecule has 0 atom stereocenters. The van der Waals surface area contributed by atoms with Crippen LogP contribution >= 0.6 is 0 Å². The van der Waals surface area contributed by atoms with Gasteiger partial charge in [0.1, 0.15) is 11.5 Å². The van der Waals surface area contributed by atoms with E-state index in [0.29, 0.717) is 19.6 Å². The summed E-state index contributed by atoms with van der Waals surface area (Å²) in [6.07, 6.45) is 5.27. The molecule has 0 aliphatic heterocycles. The molecule has 0 spiro atoms. The third-order valence-corrected chi connectivity index (χ3v) is 7.90. The van der Waals surface area contributed by atoms with Crippen molar-refractivity contribution in [1.82, 2.24) is 0 Å². The summed E-state index contributed by atoms with van der Waals surface area (Å²) >= 11 is 0. The third kappa shape index (κ3) is 8.93. The molecule has 0 unspecified atom stereocenters. The smallest absolute Gasteiger partial charge is 0.305 e. The average molecular weight is 609 g/mol. The number of rotatable bonds is 11. The lowest BCUT2D eigenvalue weighted by atomic mass is 10.0. The van der Waals surface area contributed by atoms with Gasteiger partial charge in [-0.15, -0.1) is 0 Å². The number of fused-ring (bicyclic) bond motifs is 2. The summed E-state index contributed by atoms with van der Waals surface area (Å²) in [5.74, 6) is 15.0. The highest BCUT2D eigenvalue weighted by molar-refractivity contribution is 5.86. The zero-order valence-corrected chi connectivity index (χ0v) is 27.0. The second-order valence-corrected chi connectivity index (χ2v) is 11.2. The molecular formula is C42H40O4. The van der Waals surface area contributed by atoms with E-state index in [-0.39, 0.29) is 5.97 Å². The summed E-state index contributed by atoms with van der Waals surface area (Å²) in [5, 5.41) is 4.54. The summed E-state index contributed by atoms with van der Waals surface area (Å²) in [5.41, 5.74) is 5.15. The first-order chi connectivity index (χ1) is 22.5. The Hall–Kier alpha value is -5.19. The number of hydrogen-bond donors (Lipinski definition) is 0. The highest BCUT2D eigenvalue weighted by Crippen LogP contribution is 2.23. The molecule has 5 aromatic rings. The second kappa shape index (κ2) is 16.2. The van der Waals surface area contributed by atoms with Crippen molar-refractivity contribution in [2.24, 2.45) is 0 Å². The van der Waals surface area contributed by atoms with Crippen LogP contribution in [0, 0.1) is 23.7 Å². The van der Waals surface area contributed by atoms with Gasteiger partial charge < -0.3 is 14.2 Å². The Morgan fingerprint density at radius 2 is 1.13 bits per heavy atom. The summed E-state index contributed by atoms with van der Waals surface area (Å²) in [6.45, 7) is 5.15. The molecule has 0 N–H and O–H groups in total. The highest BCUT2D eigenvalue weighted by Gasteiger charge is 2.03. The monoisotopic (exact) mass is 608 g/mol. The van der Waals surface area contributed by atoms with Gasteiger partial charge >= 0.3 is 5.97 Å². The SMILES string of the molecule is CCC(=O)OCCCCCCOc1ccc2cc(C#Cc3ccc(C#Cc4ccc5cc(OC)ccc5c4)cc3CC)ccc2c1. The largest absolute Gasteiger partial charge is 0.497 e. The molecule has 232 valence electrons. The Bertz CT molecular complexity index is 1950. The van der Waals surface area contributed by atoms with Crippen LogP contribution < -0.4 is 9.47 Å². The Kier molecular flexibility index (Phi) is 11.4. The van der Waals surface area contributed by atoms with Gasteiger partial charge in [-0.2, -0.15) is 0 Å². The number of carbonyl (C=O) groups is 1. The van der Waals surface area contributed by atoms with Gasteiger partial charge in [-0.25, -0.2) is 0 Å². The number of benzene rings is 5. The van der Waals surface area contributed by atoms with E-state index in [4.69, 9.17) is 14.2 Å². The molecule has 4 nitrogen and oxygen atoms in total. The zero-order chi connectivity index (χ0) is 32.1. The minimum atomic E-state index is -0.128. The van der Waals surface area contributed by atoms with E-state index in [0.717, 1.165) is 87.4 Å². The molecule has 5 aromatic carbocycles. The van der Waals surface area contributed by atoms with E-state index < -0.39 is 0 Å². The number of unbranched alkanes of at least 4 members (excludes halogenated alkanes) is 3. The fourth-order valence-electron chi connectivity index (χ4n) is 5.23. The number of aryl methyl sites for hydroxylation is 1. The van der Waals surface area contributed by atoms with Gasteiger partial charge in [-0.05, 0) is 126 Å². The molecule has 4 heteroatoms. The summed E-state index contributed by atoms with van der Waals surface area (Å²) in [6, 6.07) is 31.1. The summed E-state index contributed by atoms with van der Waals surface area (Å²) < 4.78 is 16.4. The quantitative estimate of drug-likeness (QED) is 0.0852. The van der Waals surface area contributed by atoms with Crippen LogP contribution in [0.3, 0.4) is 0 Å². The van der Waals surface area contributed by atoms with E-state index in [2.05, 4.69) is 91.3 Å². The van der Waals surface area contributed by atoms with E-state index in [1.54, 1.807) is 7.11 Å². The molecule has 46 heavy (non-hydrogen) atoms. The Balaban J connectivity index is 1.18. The first-order valence-electron chi connectivity index (χ1n) is 16.1. The Labute approximate surface area is 272 Å². The fourth-order valence-corrected chi connectivity index (χ4v) is 5.23. The van der Waals surface area contributed by atoms with Crippen molar-refractivity contribution in [1.29, 1.82) is 0 Å². The number of hydrogen-bond acceptors (Lipinski definition) is 4. The lowest BCUT2D eigenvalue weighted by Gasteiger charge is -2.08. The Morgan fingerprint density at radius 1 is 0.587 bits per heavy atom. The third-order valence-electron chi connectivity index (χ3n) is 7.90. The van der Waals surface area contributed by atoms with Crippen LogP contribution in [0.2, 0.25) is 0 Å². The van der Waals surface area contributed by atoms with E-state index in [1.165, 1.54) is 5.56 Å². The van der Waals surface area contributed by atoms with E-state index >= 15 is 0 Å². The molecule has 0 aliphatic carbocycles. The molecule has 5 rings (SSSR count). The molecule has 0 heterocycles. The van der Waals surface area contributed by atoms with Crippen molar-refractivity contribution in [2.75, 3.05) is 20.3 Å². The van der Waals surface area contributed by atoms with Crippen molar-refractivity contribution >= 4 is 27.5 Å². The number of methoxy groups -OCH3 is 1. The molecule has 0 bridgehead atoms. The molecule has 0 saturated carbocycles. The lowest BCUT2D eigenvalue weighted by molar-refractivity contribution is -0.143. The maximum absolute atomic E-state index is 11.2. The maximum atomic E-state index is 11.2. The maximum Gasteiger partial charge on any atom is 0.305 e. The van der Waals surface area contributed by atoms with Crippen molar-refractivity contribution in [3.05, 3.63) is 119 Å². The average Bonchev–Trinajstić information content (AvgIpc) is 3.10. The molecule has 0 aliphatic rings. The predicted molar refractivity (Wildman–Crippen MR) is 187 cm³/mol. The molecule has 0 amide bonds. The highest BCUT2D eigenvalue weighted by atomic mass is 16.5. The number of ether oxygens (including phenoxy) is 3. The van der Waals surface area contributed by atoms with Crippen molar-refractivity contribution < 1.29 is 19.0 Å². The molecule has 0 aromatic heterocycles. The van der Waals surface area contributed by atoms with Crippen molar-refractivity contribution in [3.8, 4) is 35.2 Å². The number of carbonyl (C=O) groups excluding carboxylic acids is 1. The van der Waals surface area contributed by atoms with Gasteiger partial charge in [0.2, 0.25) is 0 Å². The summed E-state index contributed by atoms with van der Waals surface area (Å²) in [4.78, 5) is 11.2. The minimum absolute atomic E-state index is 0.128. The minimum Gasteiger partial charge on any atom is -0.497 e. The molecule has 0 fully saturated rings. The van der Waals surface area contributed by atoms with Crippen molar-refractivity contribution in [2.45, 2.75) is 52.4 Å². The molecular weight excluding hydrogens is 568 g/mol.